The van der Waals surface area contributed by atoms with Crippen LogP contribution < -0.4 is 0 Å². The Kier molecular flexibility index (Phi) is 4.72. The van der Waals surface area contributed by atoms with Crippen molar-refractivity contribution in [1.29, 1.82) is 0 Å². The molecule has 1 unspecified atom stereocenters. The molecule has 1 atom stereocenters. The molecule has 0 aliphatic rings. The molecule has 96 valence electrons. The molecule has 0 aliphatic carbocycles. The van der Waals surface area contributed by atoms with Crippen LogP contribution in [0.5, 0.6) is 0 Å². The Bertz CT molecular complexity index is 371. The summed E-state index contributed by atoms with van der Waals surface area (Å²) in [6.07, 6.45) is 0.645. The predicted octanol–water partition coefficient (Wildman–Crippen LogP) is 2.88. The summed E-state index contributed by atoms with van der Waals surface area (Å²) in [5.74, 6) is 0.169. The highest BCUT2D eigenvalue weighted by Crippen LogP contribution is 2.25. The third kappa shape index (κ3) is 3.55. The van der Waals surface area contributed by atoms with Gasteiger partial charge in [-0.05, 0) is 30.9 Å². The lowest BCUT2D eigenvalue weighted by Gasteiger charge is -2.32. The van der Waals surface area contributed by atoms with Gasteiger partial charge < -0.3 is 9.84 Å². The number of benzene rings is 1. The molecule has 17 heavy (non-hydrogen) atoms. The van der Waals surface area contributed by atoms with E-state index in [1.165, 1.54) is 16.7 Å². The Morgan fingerprint density at radius 1 is 1.29 bits per heavy atom. The van der Waals surface area contributed by atoms with Crippen molar-refractivity contribution in [2.75, 3.05) is 13.7 Å². The zero-order chi connectivity index (χ0) is 13.1. The Balaban J connectivity index is 2.97. The highest BCUT2D eigenvalue weighted by molar-refractivity contribution is 5.31. The second-order valence-electron chi connectivity index (χ2n) is 5.30. The molecule has 1 N–H and O–H groups in total. The lowest BCUT2D eigenvalue weighted by Crippen LogP contribution is -2.42. The van der Waals surface area contributed by atoms with E-state index in [0.717, 1.165) is 0 Å². The van der Waals surface area contributed by atoms with E-state index in [-0.39, 0.29) is 5.92 Å². The first kappa shape index (κ1) is 14.2. The van der Waals surface area contributed by atoms with Gasteiger partial charge in [0.2, 0.25) is 0 Å². The van der Waals surface area contributed by atoms with Crippen molar-refractivity contribution in [2.24, 2.45) is 5.92 Å². The van der Waals surface area contributed by atoms with E-state index in [9.17, 15) is 5.11 Å². The van der Waals surface area contributed by atoms with E-state index in [1.54, 1.807) is 7.11 Å². The van der Waals surface area contributed by atoms with E-state index in [1.807, 2.05) is 13.8 Å². The molecule has 1 aromatic carbocycles. The Hall–Kier alpha value is -0.860. The van der Waals surface area contributed by atoms with Gasteiger partial charge in [-0.3, -0.25) is 0 Å². The Labute approximate surface area is 105 Å². The summed E-state index contributed by atoms with van der Waals surface area (Å²) >= 11 is 0. The van der Waals surface area contributed by atoms with Crippen LogP contribution >= 0.6 is 0 Å². The summed E-state index contributed by atoms with van der Waals surface area (Å²) < 4.78 is 5.16. The van der Waals surface area contributed by atoms with Crippen LogP contribution in [0.1, 0.15) is 30.5 Å². The topological polar surface area (TPSA) is 29.5 Å². The number of rotatable bonds is 5. The highest BCUT2D eigenvalue weighted by atomic mass is 16.5. The molecule has 0 aromatic heterocycles. The van der Waals surface area contributed by atoms with Gasteiger partial charge in [0.05, 0.1) is 12.2 Å². The number of hydrogen-bond donors (Lipinski definition) is 1. The molecule has 0 heterocycles. The number of hydrogen-bond acceptors (Lipinski definition) is 2. The van der Waals surface area contributed by atoms with Crippen molar-refractivity contribution in [3.05, 3.63) is 34.9 Å². The van der Waals surface area contributed by atoms with Gasteiger partial charge in [0.1, 0.15) is 0 Å². The van der Waals surface area contributed by atoms with Gasteiger partial charge >= 0.3 is 0 Å². The van der Waals surface area contributed by atoms with Crippen LogP contribution in [0.4, 0.5) is 0 Å². The molecule has 1 aromatic rings. The van der Waals surface area contributed by atoms with Gasteiger partial charge in [-0.1, -0.05) is 37.6 Å². The average molecular weight is 236 g/mol. The molecule has 1 rings (SSSR count). The summed E-state index contributed by atoms with van der Waals surface area (Å²) in [6.45, 7) is 8.60. The molecule has 0 bridgehead atoms. The standard InChI is InChI=1S/C15H24O2/c1-11(2)15(16,10-17-5)9-14-8-12(3)6-7-13(14)4/h6-8,11,16H,9-10H2,1-5H3. The SMILES string of the molecule is COCC(O)(Cc1cc(C)ccc1C)C(C)C. The highest BCUT2D eigenvalue weighted by Gasteiger charge is 2.31. The van der Waals surface area contributed by atoms with Gasteiger partial charge in [0.25, 0.3) is 0 Å². The quantitative estimate of drug-likeness (QED) is 0.852. The number of methoxy groups -OCH3 is 1. The fourth-order valence-electron chi connectivity index (χ4n) is 1.99. The summed E-state index contributed by atoms with van der Waals surface area (Å²) in [7, 11) is 1.64. The average Bonchev–Trinajstić information content (AvgIpc) is 2.23. The second kappa shape index (κ2) is 5.65. The van der Waals surface area contributed by atoms with Crippen molar-refractivity contribution < 1.29 is 9.84 Å². The van der Waals surface area contributed by atoms with Gasteiger partial charge in [0, 0.05) is 13.5 Å². The van der Waals surface area contributed by atoms with Crippen LogP contribution in [-0.4, -0.2) is 24.4 Å². The van der Waals surface area contributed by atoms with E-state index in [2.05, 4.69) is 32.0 Å². The molecule has 2 heteroatoms. The largest absolute Gasteiger partial charge is 0.387 e. The van der Waals surface area contributed by atoms with Gasteiger partial charge in [-0.15, -0.1) is 0 Å². The Morgan fingerprint density at radius 3 is 2.47 bits per heavy atom. The molecule has 2 nitrogen and oxygen atoms in total. The lowest BCUT2D eigenvalue weighted by molar-refractivity contribution is -0.0638. The van der Waals surface area contributed by atoms with E-state index in [4.69, 9.17) is 4.74 Å². The zero-order valence-electron chi connectivity index (χ0n) is 11.6. The fourth-order valence-corrected chi connectivity index (χ4v) is 1.99. The maximum absolute atomic E-state index is 10.6. The van der Waals surface area contributed by atoms with Gasteiger partial charge in [-0.25, -0.2) is 0 Å². The number of ether oxygens (including phenoxy) is 1. The minimum absolute atomic E-state index is 0.169. The predicted molar refractivity (Wildman–Crippen MR) is 71.3 cm³/mol. The van der Waals surface area contributed by atoms with Crippen molar-refractivity contribution in [3.63, 3.8) is 0 Å². The molecule has 0 amide bonds. The minimum atomic E-state index is -0.784. The van der Waals surface area contributed by atoms with Crippen LogP contribution in [0.25, 0.3) is 0 Å². The number of aryl methyl sites for hydroxylation is 2. The monoisotopic (exact) mass is 236 g/mol. The summed E-state index contributed by atoms with van der Waals surface area (Å²) in [4.78, 5) is 0. The number of aliphatic hydroxyl groups is 1. The smallest absolute Gasteiger partial charge is 0.0942 e. The molecule has 0 saturated heterocycles. The maximum atomic E-state index is 10.6. The van der Waals surface area contributed by atoms with E-state index < -0.39 is 5.60 Å². The minimum Gasteiger partial charge on any atom is -0.387 e. The molecule has 0 spiro atoms. The van der Waals surface area contributed by atoms with Crippen LogP contribution in [-0.2, 0) is 11.2 Å². The van der Waals surface area contributed by atoms with Crippen molar-refractivity contribution in [3.8, 4) is 0 Å². The van der Waals surface area contributed by atoms with Gasteiger partial charge in [0.15, 0.2) is 0 Å². The summed E-state index contributed by atoms with van der Waals surface area (Å²) in [6, 6.07) is 6.36. The first-order valence-corrected chi connectivity index (χ1v) is 6.16. The molecule has 0 fully saturated rings. The van der Waals surface area contributed by atoms with Crippen LogP contribution in [0, 0.1) is 19.8 Å². The molecular weight excluding hydrogens is 212 g/mol. The van der Waals surface area contributed by atoms with E-state index >= 15 is 0 Å². The van der Waals surface area contributed by atoms with Crippen LogP contribution in [0.15, 0.2) is 18.2 Å². The molecule has 0 saturated carbocycles. The fraction of sp³-hybridized carbons (Fsp3) is 0.600. The third-order valence-corrected chi connectivity index (χ3v) is 3.47. The molecule has 0 aliphatic heterocycles. The third-order valence-electron chi connectivity index (χ3n) is 3.47. The van der Waals surface area contributed by atoms with Crippen molar-refractivity contribution in [2.45, 2.75) is 39.7 Å². The van der Waals surface area contributed by atoms with Crippen molar-refractivity contribution >= 4 is 0 Å². The summed E-state index contributed by atoms with van der Waals surface area (Å²) in [5, 5.41) is 10.6. The Morgan fingerprint density at radius 2 is 1.94 bits per heavy atom. The first-order valence-electron chi connectivity index (χ1n) is 6.16. The van der Waals surface area contributed by atoms with Crippen LogP contribution in [0.3, 0.4) is 0 Å². The molecular formula is C15H24O2. The van der Waals surface area contributed by atoms with Gasteiger partial charge in [-0.2, -0.15) is 0 Å². The molecule has 0 radical (unpaired) electrons. The van der Waals surface area contributed by atoms with Crippen LogP contribution in [0.2, 0.25) is 0 Å². The lowest BCUT2D eigenvalue weighted by atomic mass is 9.83. The first-order chi connectivity index (χ1) is 7.89. The second-order valence-corrected chi connectivity index (χ2v) is 5.30. The normalized spacial score (nSPS) is 15.0. The summed E-state index contributed by atoms with van der Waals surface area (Å²) in [5.41, 5.74) is 2.88. The van der Waals surface area contributed by atoms with E-state index in [0.29, 0.717) is 13.0 Å². The maximum Gasteiger partial charge on any atom is 0.0942 e. The van der Waals surface area contributed by atoms with Crippen molar-refractivity contribution in [1.82, 2.24) is 0 Å². The zero-order valence-corrected chi connectivity index (χ0v) is 11.6.